The zero-order chi connectivity index (χ0) is 15.7. The molecule has 0 radical (unpaired) electrons. The van der Waals surface area contributed by atoms with Crippen molar-refractivity contribution in [1.29, 1.82) is 0 Å². The maximum absolute atomic E-state index is 12.4. The minimum atomic E-state index is -0.492. The van der Waals surface area contributed by atoms with Gasteiger partial charge in [0.05, 0.1) is 6.10 Å². The number of carbonyl (C=O) groups is 2. The number of hydrogen-bond donors (Lipinski definition) is 1. The lowest BCUT2D eigenvalue weighted by molar-refractivity contribution is -0.134. The van der Waals surface area contributed by atoms with Crippen LogP contribution >= 0.6 is 0 Å². The number of carbonyl (C=O) groups excluding carboxylic acids is 2. The predicted molar refractivity (Wildman–Crippen MR) is 83.1 cm³/mol. The first-order valence-electron chi connectivity index (χ1n) is 8.82. The fourth-order valence-electron chi connectivity index (χ4n) is 6.38. The molecule has 0 spiro atoms. The van der Waals surface area contributed by atoms with Crippen molar-refractivity contribution < 1.29 is 14.7 Å². The van der Waals surface area contributed by atoms with Gasteiger partial charge in [0, 0.05) is 18.3 Å². The molecule has 3 saturated carbocycles. The topological polar surface area (TPSA) is 54.4 Å². The number of ketones is 2. The van der Waals surface area contributed by atoms with E-state index in [1.54, 1.807) is 6.08 Å². The highest BCUT2D eigenvalue weighted by molar-refractivity contribution is 5.92. The van der Waals surface area contributed by atoms with Gasteiger partial charge in [-0.1, -0.05) is 13.8 Å². The van der Waals surface area contributed by atoms with Gasteiger partial charge in [0.2, 0.25) is 0 Å². The van der Waals surface area contributed by atoms with Crippen LogP contribution in [0.4, 0.5) is 0 Å². The Kier molecular flexibility index (Phi) is 3.01. The summed E-state index contributed by atoms with van der Waals surface area (Å²) in [6, 6.07) is 0. The molecule has 0 aromatic rings. The Morgan fingerprint density at radius 2 is 1.77 bits per heavy atom. The number of aliphatic hydroxyl groups excluding tert-OH is 1. The number of aliphatic hydroxyl groups is 1. The van der Waals surface area contributed by atoms with Gasteiger partial charge in [-0.2, -0.15) is 0 Å². The van der Waals surface area contributed by atoms with Crippen LogP contribution in [-0.4, -0.2) is 22.8 Å². The molecule has 1 unspecified atom stereocenters. The number of hydrogen-bond acceptors (Lipinski definition) is 3. The smallest absolute Gasteiger partial charge is 0.155 e. The summed E-state index contributed by atoms with van der Waals surface area (Å²) < 4.78 is 0. The summed E-state index contributed by atoms with van der Waals surface area (Å²) in [5, 5.41) is 10.7. The SMILES string of the molecule is C[C@]12CCC(=O)C=C1C(O)C[C@@H]1[C@H]2CC[C@]2(C)C(=O)CC[C@@H]12. The van der Waals surface area contributed by atoms with Gasteiger partial charge < -0.3 is 5.11 Å². The molecule has 22 heavy (non-hydrogen) atoms. The largest absolute Gasteiger partial charge is 0.389 e. The molecule has 4 aliphatic carbocycles. The summed E-state index contributed by atoms with van der Waals surface area (Å²) in [5.41, 5.74) is 0.796. The first-order chi connectivity index (χ1) is 10.4. The zero-order valence-corrected chi connectivity index (χ0v) is 13.6. The molecule has 4 aliphatic rings. The molecule has 0 saturated heterocycles. The quantitative estimate of drug-likeness (QED) is 0.748. The van der Waals surface area contributed by atoms with E-state index < -0.39 is 6.10 Å². The van der Waals surface area contributed by atoms with Gasteiger partial charge in [-0.25, -0.2) is 0 Å². The molecule has 0 bridgehead atoms. The second kappa shape index (κ2) is 4.53. The van der Waals surface area contributed by atoms with E-state index in [4.69, 9.17) is 0 Å². The van der Waals surface area contributed by atoms with Crippen LogP contribution in [0.25, 0.3) is 0 Å². The number of rotatable bonds is 0. The lowest BCUT2D eigenvalue weighted by Gasteiger charge is -2.58. The van der Waals surface area contributed by atoms with Crippen LogP contribution in [0.5, 0.6) is 0 Å². The molecule has 3 nitrogen and oxygen atoms in total. The molecule has 120 valence electrons. The first kappa shape index (κ1) is 14.6. The second-order valence-electron chi connectivity index (χ2n) is 8.53. The maximum Gasteiger partial charge on any atom is 0.155 e. The average molecular weight is 302 g/mol. The Morgan fingerprint density at radius 1 is 1.05 bits per heavy atom. The van der Waals surface area contributed by atoms with Crippen LogP contribution in [0.2, 0.25) is 0 Å². The minimum Gasteiger partial charge on any atom is -0.389 e. The summed E-state index contributed by atoms with van der Waals surface area (Å²) in [5.74, 6) is 2.01. The lowest BCUT2D eigenvalue weighted by atomic mass is 9.47. The van der Waals surface area contributed by atoms with Crippen molar-refractivity contribution in [2.75, 3.05) is 0 Å². The van der Waals surface area contributed by atoms with E-state index in [2.05, 4.69) is 13.8 Å². The summed E-state index contributed by atoms with van der Waals surface area (Å²) in [6.45, 7) is 4.42. The van der Waals surface area contributed by atoms with Crippen molar-refractivity contribution >= 4 is 11.6 Å². The van der Waals surface area contributed by atoms with E-state index in [1.165, 1.54) is 0 Å². The first-order valence-corrected chi connectivity index (χ1v) is 8.82. The number of Topliss-reactive ketones (excluding diaryl/α,β-unsaturated/α-hetero) is 1. The van der Waals surface area contributed by atoms with E-state index in [0.29, 0.717) is 30.0 Å². The molecule has 3 heteroatoms. The lowest BCUT2D eigenvalue weighted by Crippen LogP contribution is -2.54. The highest BCUT2D eigenvalue weighted by Crippen LogP contribution is 2.64. The maximum atomic E-state index is 12.4. The Hall–Kier alpha value is -0.960. The average Bonchev–Trinajstić information content (AvgIpc) is 2.77. The summed E-state index contributed by atoms with van der Waals surface area (Å²) >= 11 is 0. The third-order valence-electron chi connectivity index (χ3n) is 7.69. The zero-order valence-electron chi connectivity index (χ0n) is 13.6. The van der Waals surface area contributed by atoms with Crippen LogP contribution in [0.15, 0.2) is 11.6 Å². The molecular formula is C19H26O3. The van der Waals surface area contributed by atoms with Gasteiger partial charge >= 0.3 is 0 Å². The van der Waals surface area contributed by atoms with E-state index in [-0.39, 0.29) is 16.6 Å². The highest BCUT2D eigenvalue weighted by Gasteiger charge is 2.60. The Balaban J connectivity index is 1.74. The van der Waals surface area contributed by atoms with Gasteiger partial charge in [-0.15, -0.1) is 0 Å². The van der Waals surface area contributed by atoms with Gasteiger partial charge in [-0.3, -0.25) is 9.59 Å². The van der Waals surface area contributed by atoms with Crippen LogP contribution in [-0.2, 0) is 9.59 Å². The molecular weight excluding hydrogens is 276 g/mol. The second-order valence-corrected chi connectivity index (χ2v) is 8.53. The third kappa shape index (κ3) is 1.72. The van der Waals surface area contributed by atoms with Crippen LogP contribution in [0, 0.1) is 28.6 Å². The van der Waals surface area contributed by atoms with Crippen LogP contribution in [0.1, 0.15) is 58.8 Å². The van der Waals surface area contributed by atoms with Gasteiger partial charge in [0.25, 0.3) is 0 Å². The molecule has 1 N–H and O–H groups in total. The normalized spacial score (nSPS) is 51.0. The molecule has 0 aromatic heterocycles. The predicted octanol–water partition coefficient (Wildman–Crippen LogP) is 3.06. The summed E-state index contributed by atoms with van der Waals surface area (Å²) in [7, 11) is 0. The Bertz CT molecular complexity index is 577. The van der Waals surface area contributed by atoms with Gasteiger partial charge in [0.1, 0.15) is 5.78 Å². The summed E-state index contributed by atoms with van der Waals surface area (Å²) in [6.07, 6.45) is 7.24. The Morgan fingerprint density at radius 3 is 2.55 bits per heavy atom. The third-order valence-corrected chi connectivity index (χ3v) is 7.69. The van der Waals surface area contributed by atoms with Crippen molar-refractivity contribution in [2.24, 2.45) is 28.6 Å². The van der Waals surface area contributed by atoms with Gasteiger partial charge in [-0.05, 0) is 66.9 Å². The fraction of sp³-hybridized carbons (Fsp3) is 0.789. The van der Waals surface area contributed by atoms with Crippen molar-refractivity contribution in [2.45, 2.75) is 64.9 Å². The van der Waals surface area contributed by atoms with Gasteiger partial charge in [0.15, 0.2) is 5.78 Å². The van der Waals surface area contributed by atoms with Crippen molar-refractivity contribution in [3.8, 4) is 0 Å². The highest BCUT2D eigenvalue weighted by atomic mass is 16.3. The molecule has 6 atom stereocenters. The molecule has 0 aromatic carbocycles. The van der Waals surface area contributed by atoms with Crippen LogP contribution < -0.4 is 0 Å². The molecule has 4 rings (SSSR count). The molecule has 3 fully saturated rings. The van der Waals surface area contributed by atoms with E-state index in [1.807, 2.05) is 0 Å². The van der Waals surface area contributed by atoms with E-state index in [9.17, 15) is 14.7 Å². The summed E-state index contributed by atoms with van der Waals surface area (Å²) in [4.78, 5) is 24.2. The standard InChI is InChI=1S/C19H26O3/c1-18-7-5-11(20)9-15(18)16(21)10-12-13-3-4-17(22)19(13,2)8-6-14(12)18/h9,12-14,16,21H,3-8,10H2,1-2H3/t12-,13-,14+,16?,18+,19-/m0/s1. The Labute approximate surface area is 132 Å². The minimum absolute atomic E-state index is 0.0385. The van der Waals surface area contributed by atoms with Crippen LogP contribution in [0.3, 0.4) is 0 Å². The van der Waals surface area contributed by atoms with E-state index in [0.717, 1.165) is 44.1 Å². The fourth-order valence-corrected chi connectivity index (χ4v) is 6.38. The molecule has 0 amide bonds. The number of fused-ring (bicyclic) bond motifs is 5. The van der Waals surface area contributed by atoms with Crippen molar-refractivity contribution in [3.63, 3.8) is 0 Å². The molecule has 0 heterocycles. The monoisotopic (exact) mass is 302 g/mol. The molecule has 0 aliphatic heterocycles. The van der Waals surface area contributed by atoms with Crippen molar-refractivity contribution in [3.05, 3.63) is 11.6 Å². The van der Waals surface area contributed by atoms with E-state index >= 15 is 0 Å². The van der Waals surface area contributed by atoms with Crippen molar-refractivity contribution in [1.82, 2.24) is 0 Å².